The largest absolute Gasteiger partial charge is 0.438 e. The molecule has 0 saturated heterocycles. The molecule has 0 unspecified atom stereocenters. The molecule has 0 fully saturated rings. The van der Waals surface area contributed by atoms with Crippen LogP contribution in [-0.4, -0.2) is 10.9 Å². The topological polar surface area (TPSA) is 55.1 Å². The SMILES string of the molecule is C/C=C\NC(=O)c1ocnc1CC.CC.CC. The highest BCUT2D eigenvalue weighted by atomic mass is 16.3. The number of nitrogens with zero attached hydrogens (tertiary/aromatic N) is 1. The van der Waals surface area contributed by atoms with Gasteiger partial charge in [0.1, 0.15) is 0 Å². The van der Waals surface area contributed by atoms with Gasteiger partial charge in [0.2, 0.25) is 5.76 Å². The molecule has 0 saturated carbocycles. The minimum Gasteiger partial charge on any atom is -0.438 e. The van der Waals surface area contributed by atoms with Crippen LogP contribution in [0.5, 0.6) is 0 Å². The lowest BCUT2D eigenvalue weighted by molar-refractivity contribution is 0.0941. The maximum absolute atomic E-state index is 11.3. The first kappa shape index (κ1) is 17.8. The number of hydrogen-bond acceptors (Lipinski definition) is 3. The van der Waals surface area contributed by atoms with E-state index in [-0.39, 0.29) is 5.91 Å². The molecule has 1 N–H and O–H groups in total. The first-order valence-corrected chi connectivity index (χ1v) is 6.14. The van der Waals surface area contributed by atoms with E-state index in [4.69, 9.17) is 4.42 Å². The van der Waals surface area contributed by atoms with Gasteiger partial charge in [0, 0.05) is 0 Å². The van der Waals surface area contributed by atoms with Crippen LogP contribution >= 0.6 is 0 Å². The minimum atomic E-state index is -0.257. The van der Waals surface area contributed by atoms with Crippen molar-refractivity contribution in [3.8, 4) is 0 Å². The van der Waals surface area contributed by atoms with Crippen LogP contribution in [0.3, 0.4) is 0 Å². The summed E-state index contributed by atoms with van der Waals surface area (Å²) in [7, 11) is 0. The molecule has 1 heterocycles. The summed E-state index contributed by atoms with van der Waals surface area (Å²) in [5, 5.41) is 2.56. The van der Waals surface area contributed by atoms with E-state index in [1.165, 1.54) is 6.39 Å². The average Bonchev–Trinajstić information content (AvgIpc) is 2.89. The van der Waals surface area contributed by atoms with Crippen molar-refractivity contribution in [3.63, 3.8) is 0 Å². The van der Waals surface area contributed by atoms with Crippen LogP contribution in [0.1, 0.15) is 57.8 Å². The average molecular weight is 240 g/mol. The molecule has 0 bridgehead atoms. The molecule has 0 radical (unpaired) electrons. The van der Waals surface area contributed by atoms with E-state index in [0.29, 0.717) is 17.9 Å². The summed E-state index contributed by atoms with van der Waals surface area (Å²) in [6.45, 7) is 11.7. The molecular weight excluding hydrogens is 216 g/mol. The lowest BCUT2D eigenvalue weighted by Gasteiger charge is -1.96. The van der Waals surface area contributed by atoms with Gasteiger partial charge in [-0.1, -0.05) is 40.7 Å². The van der Waals surface area contributed by atoms with Crippen LogP contribution in [0.25, 0.3) is 0 Å². The molecule has 1 rings (SSSR count). The summed E-state index contributed by atoms with van der Waals surface area (Å²) in [4.78, 5) is 15.3. The molecule has 1 aromatic heterocycles. The molecular formula is C13H24N2O2. The lowest BCUT2D eigenvalue weighted by Crippen LogP contribution is -2.17. The summed E-state index contributed by atoms with van der Waals surface area (Å²) in [5.41, 5.74) is 0.682. The predicted octanol–water partition coefficient (Wildman–Crippen LogP) is 3.55. The zero-order chi connectivity index (χ0) is 13.7. The van der Waals surface area contributed by atoms with Gasteiger partial charge in [-0.15, -0.1) is 0 Å². The number of aryl methyl sites for hydroxylation is 1. The molecule has 98 valence electrons. The summed E-state index contributed by atoms with van der Waals surface area (Å²) < 4.78 is 4.96. The van der Waals surface area contributed by atoms with Crippen molar-refractivity contribution >= 4 is 5.91 Å². The molecule has 0 spiro atoms. The van der Waals surface area contributed by atoms with Crippen LogP contribution in [-0.2, 0) is 6.42 Å². The summed E-state index contributed by atoms with van der Waals surface area (Å²) in [6.07, 6.45) is 5.27. The highest BCUT2D eigenvalue weighted by molar-refractivity contribution is 5.93. The van der Waals surface area contributed by atoms with Crippen molar-refractivity contribution in [2.75, 3.05) is 0 Å². The number of carbonyl (C=O) groups is 1. The highest BCUT2D eigenvalue weighted by Gasteiger charge is 2.13. The normalized spacial score (nSPS) is 8.82. The van der Waals surface area contributed by atoms with Gasteiger partial charge in [-0.05, 0) is 19.5 Å². The van der Waals surface area contributed by atoms with Gasteiger partial charge in [0.25, 0.3) is 5.91 Å². The number of oxazole rings is 1. The van der Waals surface area contributed by atoms with Crippen molar-refractivity contribution in [1.29, 1.82) is 0 Å². The van der Waals surface area contributed by atoms with Gasteiger partial charge in [-0.3, -0.25) is 4.79 Å². The maximum Gasteiger partial charge on any atom is 0.292 e. The van der Waals surface area contributed by atoms with E-state index < -0.39 is 0 Å². The van der Waals surface area contributed by atoms with Gasteiger partial charge in [0.05, 0.1) is 5.69 Å². The molecule has 4 nitrogen and oxygen atoms in total. The van der Waals surface area contributed by atoms with Gasteiger partial charge in [0.15, 0.2) is 6.39 Å². The Kier molecular flexibility index (Phi) is 13.1. The van der Waals surface area contributed by atoms with Gasteiger partial charge >= 0.3 is 0 Å². The van der Waals surface area contributed by atoms with E-state index in [0.717, 1.165) is 0 Å². The second kappa shape index (κ2) is 12.5. The lowest BCUT2D eigenvalue weighted by atomic mass is 10.3. The number of carbonyl (C=O) groups excluding carboxylic acids is 1. The second-order valence-corrected chi connectivity index (χ2v) is 2.46. The smallest absolute Gasteiger partial charge is 0.292 e. The third-order valence-electron chi connectivity index (χ3n) is 1.56. The zero-order valence-electron chi connectivity index (χ0n) is 11.7. The fourth-order valence-corrected chi connectivity index (χ4v) is 0.930. The van der Waals surface area contributed by atoms with E-state index in [2.05, 4.69) is 10.3 Å². The Morgan fingerprint density at radius 3 is 2.47 bits per heavy atom. The number of nitrogens with one attached hydrogen (secondary N) is 1. The third kappa shape index (κ3) is 6.56. The Bertz CT molecular complexity index is 317. The van der Waals surface area contributed by atoms with Gasteiger partial charge in [-0.2, -0.15) is 0 Å². The Morgan fingerprint density at radius 1 is 1.41 bits per heavy atom. The van der Waals surface area contributed by atoms with Crippen molar-refractivity contribution in [2.24, 2.45) is 0 Å². The fourth-order valence-electron chi connectivity index (χ4n) is 0.930. The summed E-state index contributed by atoms with van der Waals surface area (Å²) in [5.74, 6) is 0.0352. The molecule has 0 aliphatic heterocycles. The Balaban J connectivity index is 0. The molecule has 1 amide bonds. The fraction of sp³-hybridized carbons (Fsp3) is 0.538. The molecule has 0 atom stereocenters. The van der Waals surface area contributed by atoms with Crippen molar-refractivity contribution in [3.05, 3.63) is 30.1 Å². The van der Waals surface area contributed by atoms with E-state index in [9.17, 15) is 4.79 Å². The third-order valence-corrected chi connectivity index (χ3v) is 1.56. The van der Waals surface area contributed by atoms with Crippen LogP contribution in [0.4, 0.5) is 0 Å². The van der Waals surface area contributed by atoms with Crippen LogP contribution < -0.4 is 5.32 Å². The monoisotopic (exact) mass is 240 g/mol. The number of rotatable bonds is 3. The number of allylic oxidation sites excluding steroid dienone is 1. The molecule has 1 aromatic rings. The van der Waals surface area contributed by atoms with Gasteiger partial charge in [-0.25, -0.2) is 4.98 Å². The van der Waals surface area contributed by atoms with Crippen LogP contribution in [0, 0.1) is 0 Å². The Hall–Kier alpha value is -1.58. The summed E-state index contributed by atoms with van der Waals surface area (Å²) >= 11 is 0. The van der Waals surface area contributed by atoms with E-state index >= 15 is 0 Å². The molecule has 4 heteroatoms. The van der Waals surface area contributed by atoms with Crippen LogP contribution in [0.2, 0.25) is 0 Å². The maximum atomic E-state index is 11.3. The van der Waals surface area contributed by atoms with Crippen molar-refractivity contribution in [1.82, 2.24) is 10.3 Å². The first-order chi connectivity index (χ1) is 8.29. The van der Waals surface area contributed by atoms with Crippen molar-refractivity contribution < 1.29 is 9.21 Å². The van der Waals surface area contributed by atoms with E-state index in [1.807, 2.05) is 41.5 Å². The molecule has 0 aliphatic carbocycles. The molecule has 0 aliphatic rings. The minimum absolute atomic E-state index is 0.257. The molecule has 17 heavy (non-hydrogen) atoms. The standard InChI is InChI=1S/C9H12N2O2.2C2H6/c1-3-5-10-9(12)8-7(4-2)11-6-13-8;2*1-2/h3,5-6H,4H2,1-2H3,(H,10,12);2*1-2H3/b5-3-;;. The van der Waals surface area contributed by atoms with E-state index in [1.54, 1.807) is 12.3 Å². The predicted molar refractivity (Wildman–Crippen MR) is 70.9 cm³/mol. The Labute approximate surface area is 104 Å². The van der Waals surface area contributed by atoms with Gasteiger partial charge < -0.3 is 9.73 Å². The zero-order valence-corrected chi connectivity index (χ0v) is 11.7. The number of amides is 1. The highest BCUT2D eigenvalue weighted by Crippen LogP contribution is 2.06. The number of hydrogen-bond donors (Lipinski definition) is 1. The van der Waals surface area contributed by atoms with Crippen molar-refractivity contribution in [2.45, 2.75) is 48.0 Å². The summed E-state index contributed by atoms with van der Waals surface area (Å²) in [6, 6.07) is 0. The number of aromatic nitrogens is 1. The Morgan fingerprint density at radius 2 is 2.00 bits per heavy atom. The second-order valence-electron chi connectivity index (χ2n) is 2.46. The molecule has 0 aromatic carbocycles. The first-order valence-electron chi connectivity index (χ1n) is 6.14. The quantitative estimate of drug-likeness (QED) is 0.879. The van der Waals surface area contributed by atoms with Crippen LogP contribution in [0.15, 0.2) is 23.1 Å².